The van der Waals surface area contributed by atoms with Gasteiger partial charge in [-0.1, -0.05) is 15.9 Å². The van der Waals surface area contributed by atoms with E-state index in [1.54, 1.807) is 27.0 Å². The van der Waals surface area contributed by atoms with Crippen LogP contribution >= 0.6 is 15.9 Å². The highest BCUT2D eigenvalue weighted by Gasteiger charge is 2.23. The Kier molecular flexibility index (Phi) is 4.16. The minimum atomic E-state index is -0.926. The summed E-state index contributed by atoms with van der Waals surface area (Å²) in [6.07, 6.45) is 0. The summed E-state index contributed by atoms with van der Waals surface area (Å²) in [4.78, 5) is 11.8. The normalized spacial score (nSPS) is 11.2. The maximum absolute atomic E-state index is 11.8. The van der Waals surface area contributed by atoms with Gasteiger partial charge in [0, 0.05) is 4.47 Å². The van der Waals surface area contributed by atoms with Gasteiger partial charge in [-0.2, -0.15) is 0 Å². The Morgan fingerprint density at radius 2 is 2.06 bits per heavy atom. The van der Waals surface area contributed by atoms with Crippen LogP contribution < -0.4 is 15.8 Å². The van der Waals surface area contributed by atoms with Gasteiger partial charge in [-0.05, 0) is 38.5 Å². The molecule has 0 unspecified atom stereocenters. The second-order valence-corrected chi connectivity index (χ2v) is 5.39. The van der Waals surface area contributed by atoms with Crippen LogP contribution in [0.5, 0.6) is 5.75 Å². The van der Waals surface area contributed by atoms with Crippen molar-refractivity contribution in [1.82, 2.24) is 0 Å². The van der Waals surface area contributed by atoms with Crippen molar-refractivity contribution in [3.8, 4) is 5.75 Å². The number of amides is 1. The summed E-state index contributed by atoms with van der Waals surface area (Å²) in [6, 6.07) is 3.70. The van der Waals surface area contributed by atoms with E-state index in [0.29, 0.717) is 11.4 Å². The molecule has 0 aliphatic rings. The number of nitrogens with two attached hydrogens (primary N) is 1. The van der Waals surface area contributed by atoms with E-state index in [9.17, 15) is 4.79 Å². The first kappa shape index (κ1) is 14.0. The van der Waals surface area contributed by atoms with Crippen molar-refractivity contribution >= 4 is 27.5 Å². The molecule has 0 aliphatic heterocycles. The van der Waals surface area contributed by atoms with E-state index >= 15 is 0 Å². The molecule has 0 saturated carbocycles. The fraction of sp³-hybridized carbons (Fsp3) is 0.417. The van der Waals surface area contributed by atoms with Crippen LogP contribution in [-0.2, 0) is 4.79 Å². The summed E-state index contributed by atoms with van der Waals surface area (Å²) in [6.45, 7) is 5.21. The molecule has 3 N–H and O–H groups in total. The van der Waals surface area contributed by atoms with Crippen molar-refractivity contribution in [1.29, 1.82) is 0 Å². The summed E-state index contributed by atoms with van der Waals surface area (Å²) in [5.41, 5.74) is 6.37. The predicted octanol–water partition coefficient (Wildman–Crippen LogP) is 2.44. The van der Waals surface area contributed by atoms with Gasteiger partial charge < -0.3 is 15.8 Å². The lowest BCUT2D eigenvalue weighted by molar-refractivity contribution is -0.120. The average molecular weight is 301 g/mol. The molecule has 1 amide bonds. The molecule has 17 heavy (non-hydrogen) atoms. The fourth-order valence-corrected chi connectivity index (χ4v) is 1.86. The van der Waals surface area contributed by atoms with Crippen LogP contribution in [0.25, 0.3) is 0 Å². The second-order valence-electron chi connectivity index (χ2n) is 4.48. The monoisotopic (exact) mass is 300 g/mol. The molecule has 1 aromatic carbocycles. The van der Waals surface area contributed by atoms with Gasteiger partial charge >= 0.3 is 0 Å². The van der Waals surface area contributed by atoms with E-state index < -0.39 is 5.54 Å². The number of benzene rings is 1. The number of hydrogen-bond acceptors (Lipinski definition) is 3. The lowest BCUT2D eigenvalue weighted by Gasteiger charge is -2.20. The molecule has 0 atom stereocenters. The Labute approximate surface area is 110 Å². The van der Waals surface area contributed by atoms with E-state index in [2.05, 4.69) is 21.2 Å². The Hall–Kier alpha value is -1.07. The van der Waals surface area contributed by atoms with E-state index in [0.717, 1.165) is 10.0 Å². The van der Waals surface area contributed by atoms with Crippen LogP contribution in [0.2, 0.25) is 0 Å². The topological polar surface area (TPSA) is 64.3 Å². The lowest BCUT2D eigenvalue weighted by atomic mass is 10.1. The smallest absolute Gasteiger partial charge is 0.243 e. The Morgan fingerprint density at radius 3 is 2.53 bits per heavy atom. The number of aryl methyl sites for hydroxylation is 1. The minimum Gasteiger partial charge on any atom is -0.495 e. The minimum absolute atomic E-state index is 0.249. The van der Waals surface area contributed by atoms with Crippen molar-refractivity contribution in [2.75, 3.05) is 12.4 Å². The number of carbonyl (C=O) groups is 1. The molecule has 0 heterocycles. The van der Waals surface area contributed by atoms with E-state index in [1.165, 1.54) is 0 Å². The number of anilines is 1. The highest BCUT2D eigenvalue weighted by atomic mass is 79.9. The largest absolute Gasteiger partial charge is 0.495 e. The van der Waals surface area contributed by atoms with Gasteiger partial charge in [-0.15, -0.1) is 0 Å². The highest BCUT2D eigenvalue weighted by molar-refractivity contribution is 9.10. The van der Waals surface area contributed by atoms with Crippen LogP contribution in [0.1, 0.15) is 19.4 Å². The SMILES string of the molecule is COc1cc(Br)cc(C)c1NC(=O)C(C)(C)N. The molecule has 0 aliphatic carbocycles. The summed E-state index contributed by atoms with van der Waals surface area (Å²) < 4.78 is 6.13. The zero-order valence-corrected chi connectivity index (χ0v) is 12.0. The molecule has 1 aromatic rings. The summed E-state index contributed by atoms with van der Waals surface area (Å²) in [7, 11) is 1.56. The van der Waals surface area contributed by atoms with Gasteiger partial charge in [-0.25, -0.2) is 0 Å². The third kappa shape index (κ3) is 3.44. The summed E-state index contributed by atoms with van der Waals surface area (Å²) in [5, 5.41) is 2.79. The summed E-state index contributed by atoms with van der Waals surface area (Å²) in [5.74, 6) is 0.357. The molecule has 0 saturated heterocycles. The average Bonchev–Trinajstić information content (AvgIpc) is 2.19. The maximum Gasteiger partial charge on any atom is 0.243 e. The molecule has 1 rings (SSSR count). The van der Waals surface area contributed by atoms with Crippen molar-refractivity contribution < 1.29 is 9.53 Å². The predicted molar refractivity (Wildman–Crippen MR) is 72.3 cm³/mol. The van der Waals surface area contributed by atoms with Gasteiger partial charge in [0.15, 0.2) is 0 Å². The van der Waals surface area contributed by atoms with Crippen LogP contribution in [0, 0.1) is 6.92 Å². The second kappa shape index (κ2) is 5.06. The first-order valence-corrected chi connectivity index (χ1v) is 5.99. The highest BCUT2D eigenvalue weighted by Crippen LogP contribution is 2.32. The quantitative estimate of drug-likeness (QED) is 0.901. The van der Waals surface area contributed by atoms with Crippen LogP contribution in [0.3, 0.4) is 0 Å². The number of nitrogens with one attached hydrogen (secondary N) is 1. The van der Waals surface area contributed by atoms with Gasteiger partial charge in [-0.3, -0.25) is 4.79 Å². The van der Waals surface area contributed by atoms with E-state index in [1.807, 2.05) is 13.0 Å². The third-order valence-corrected chi connectivity index (χ3v) is 2.77. The summed E-state index contributed by atoms with van der Waals surface area (Å²) >= 11 is 3.38. The molecule has 5 heteroatoms. The molecule has 0 bridgehead atoms. The Bertz CT molecular complexity index is 439. The van der Waals surface area contributed by atoms with Gasteiger partial charge in [0.05, 0.1) is 18.3 Å². The number of rotatable bonds is 3. The number of carbonyl (C=O) groups excluding carboxylic acids is 1. The molecule has 4 nitrogen and oxygen atoms in total. The molecular weight excluding hydrogens is 284 g/mol. The van der Waals surface area contributed by atoms with E-state index in [4.69, 9.17) is 10.5 Å². The zero-order valence-electron chi connectivity index (χ0n) is 10.4. The van der Waals surface area contributed by atoms with Gasteiger partial charge in [0.1, 0.15) is 5.75 Å². The van der Waals surface area contributed by atoms with Crippen LogP contribution in [0.15, 0.2) is 16.6 Å². The molecule has 0 aromatic heterocycles. The number of halogens is 1. The maximum atomic E-state index is 11.8. The Balaban J connectivity index is 3.10. The van der Waals surface area contributed by atoms with E-state index in [-0.39, 0.29) is 5.91 Å². The van der Waals surface area contributed by atoms with Gasteiger partial charge in [0.2, 0.25) is 5.91 Å². The first-order chi connectivity index (χ1) is 7.75. The van der Waals surface area contributed by atoms with Gasteiger partial charge in [0.25, 0.3) is 0 Å². The molecule has 0 spiro atoms. The molecular formula is C12H17BrN2O2. The van der Waals surface area contributed by atoms with Crippen molar-refractivity contribution in [2.24, 2.45) is 5.73 Å². The first-order valence-electron chi connectivity index (χ1n) is 5.20. The van der Waals surface area contributed by atoms with Crippen molar-refractivity contribution in [3.63, 3.8) is 0 Å². The van der Waals surface area contributed by atoms with Crippen molar-refractivity contribution in [2.45, 2.75) is 26.3 Å². The fourth-order valence-electron chi connectivity index (χ4n) is 1.31. The number of methoxy groups -OCH3 is 1. The molecule has 0 radical (unpaired) electrons. The Morgan fingerprint density at radius 1 is 1.47 bits per heavy atom. The van der Waals surface area contributed by atoms with Crippen LogP contribution in [-0.4, -0.2) is 18.6 Å². The standard InChI is InChI=1S/C12H17BrN2O2/c1-7-5-8(13)6-9(17-4)10(7)15-11(16)12(2,3)14/h5-6H,14H2,1-4H3,(H,15,16). The molecule has 94 valence electrons. The number of hydrogen-bond donors (Lipinski definition) is 2. The third-order valence-electron chi connectivity index (χ3n) is 2.31. The zero-order chi connectivity index (χ0) is 13.2. The van der Waals surface area contributed by atoms with Crippen molar-refractivity contribution in [3.05, 3.63) is 22.2 Å². The van der Waals surface area contributed by atoms with Crippen LogP contribution in [0.4, 0.5) is 5.69 Å². The lowest BCUT2D eigenvalue weighted by Crippen LogP contribution is -2.45. The number of ether oxygens (including phenoxy) is 1. The molecule has 0 fully saturated rings.